The minimum Gasteiger partial charge on any atom is -0.484 e. The summed E-state index contributed by atoms with van der Waals surface area (Å²) in [6.45, 7) is 3.83. The Bertz CT molecular complexity index is 995. The molecule has 0 aliphatic rings. The number of ether oxygens (including phenoxy) is 2. The Hall–Kier alpha value is -3.12. The van der Waals surface area contributed by atoms with Gasteiger partial charge in [0, 0.05) is 10.9 Å². The maximum Gasteiger partial charge on any atom is 0.341 e. The van der Waals surface area contributed by atoms with E-state index < -0.39 is 5.97 Å². The molecule has 0 aliphatic carbocycles. The highest BCUT2D eigenvalue weighted by atomic mass is 32.1. The van der Waals surface area contributed by atoms with Gasteiger partial charge in [-0.15, -0.1) is 11.3 Å². The highest BCUT2D eigenvalue weighted by molar-refractivity contribution is 7.15. The first-order chi connectivity index (χ1) is 13.5. The topological polar surface area (TPSA) is 64.6 Å². The van der Waals surface area contributed by atoms with Crippen LogP contribution in [0.25, 0.3) is 11.1 Å². The molecule has 1 amide bonds. The molecule has 1 N–H and O–H groups in total. The van der Waals surface area contributed by atoms with Crippen LogP contribution in [0.2, 0.25) is 0 Å². The average Bonchev–Trinajstić information content (AvgIpc) is 3.11. The zero-order valence-electron chi connectivity index (χ0n) is 15.9. The highest BCUT2D eigenvalue weighted by Gasteiger charge is 2.23. The number of hydrogen-bond donors (Lipinski definition) is 1. The summed E-state index contributed by atoms with van der Waals surface area (Å²) in [6.07, 6.45) is 0. The molecule has 0 bridgehead atoms. The first-order valence-electron chi connectivity index (χ1n) is 8.74. The monoisotopic (exact) mass is 395 g/mol. The van der Waals surface area contributed by atoms with Crippen LogP contribution in [0.1, 0.15) is 21.5 Å². The maximum atomic E-state index is 12.4. The highest BCUT2D eigenvalue weighted by Crippen LogP contribution is 2.37. The van der Waals surface area contributed by atoms with Gasteiger partial charge in [0.2, 0.25) is 0 Å². The summed E-state index contributed by atoms with van der Waals surface area (Å²) < 4.78 is 10.4. The number of methoxy groups -OCH3 is 1. The molecular formula is C22H21NO4S. The third kappa shape index (κ3) is 4.40. The van der Waals surface area contributed by atoms with Crippen molar-refractivity contribution in [3.63, 3.8) is 0 Å². The van der Waals surface area contributed by atoms with E-state index in [4.69, 9.17) is 9.47 Å². The van der Waals surface area contributed by atoms with E-state index in [0.29, 0.717) is 16.3 Å². The molecule has 144 valence electrons. The number of carbonyl (C=O) groups is 2. The van der Waals surface area contributed by atoms with Crippen LogP contribution < -0.4 is 10.1 Å². The second kappa shape index (κ2) is 8.71. The number of esters is 1. The van der Waals surface area contributed by atoms with E-state index in [1.54, 1.807) is 12.1 Å². The van der Waals surface area contributed by atoms with Crippen molar-refractivity contribution < 1.29 is 19.1 Å². The normalized spacial score (nSPS) is 10.4. The summed E-state index contributed by atoms with van der Waals surface area (Å²) in [5.74, 6) is -0.229. The predicted molar refractivity (Wildman–Crippen MR) is 111 cm³/mol. The lowest BCUT2D eigenvalue weighted by atomic mass is 9.97. The first kappa shape index (κ1) is 19.6. The number of hydrogen-bond acceptors (Lipinski definition) is 5. The van der Waals surface area contributed by atoms with Gasteiger partial charge in [-0.1, -0.05) is 42.0 Å². The van der Waals surface area contributed by atoms with Gasteiger partial charge in [-0.25, -0.2) is 4.79 Å². The molecule has 0 radical (unpaired) electrons. The van der Waals surface area contributed by atoms with E-state index >= 15 is 0 Å². The van der Waals surface area contributed by atoms with E-state index in [9.17, 15) is 9.59 Å². The Morgan fingerprint density at radius 3 is 2.50 bits per heavy atom. The second-order valence-electron chi connectivity index (χ2n) is 6.31. The summed E-state index contributed by atoms with van der Waals surface area (Å²) in [7, 11) is 1.33. The predicted octanol–water partition coefficient (Wildman–Crippen LogP) is 4.84. The lowest BCUT2D eigenvalue weighted by molar-refractivity contribution is -0.118. The van der Waals surface area contributed by atoms with Crippen molar-refractivity contribution in [1.82, 2.24) is 0 Å². The molecule has 0 saturated heterocycles. The molecule has 0 saturated carbocycles. The van der Waals surface area contributed by atoms with E-state index in [1.165, 1.54) is 18.4 Å². The summed E-state index contributed by atoms with van der Waals surface area (Å²) in [5, 5.41) is 5.09. The van der Waals surface area contributed by atoms with Crippen LogP contribution >= 0.6 is 11.3 Å². The van der Waals surface area contributed by atoms with Crippen molar-refractivity contribution in [1.29, 1.82) is 0 Å². The molecule has 5 nitrogen and oxygen atoms in total. The zero-order valence-corrected chi connectivity index (χ0v) is 16.8. The summed E-state index contributed by atoms with van der Waals surface area (Å²) in [4.78, 5) is 24.8. The number of anilines is 1. The zero-order chi connectivity index (χ0) is 20.1. The number of rotatable bonds is 6. The SMILES string of the molecule is COC(=O)c1c(-c2cc(C)ccc2C)csc1NC(=O)COc1ccccc1. The molecule has 0 fully saturated rings. The van der Waals surface area contributed by atoms with E-state index in [2.05, 4.69) is 5.32 Å². The van der Waals surface area contributed by atoms with Crippen LogP contribution in [0.4, 0.5) is 5.00 Å². The van der Waals surface area contributed by atoms with Gasteiger partial charge in [0.25, 0.3) is 5.91 Å². The molecule has 0 atom stereocenters. The number of amides is 1. The maximum absolute atomic E-state index is 12.4. The van der Waals surface area contributed by atoms with Crippen molar-refractivity contribution in [3.8, 4) is 16.9 Å². The van der Waals surface area contributed by atoms with Gasteiger partial charge in [-0.2, -0.15) is 0 Å². The minimum absolute atomic E-state index is 0.151. The molecule has 0 spiro atoms. The van der Waals surface area contributed by atoms with Crippen molar-refractivity contribution in [2.24, 2.45) is 0 Å². The van der Waals surface area contributed by atoms with Crippen LogP contribution in [-0.2, 0) is 9.53 Å². The number of para-hydroxylation sites is 1. The van der Waals surface area contributed by atoms with Crippen LogP contribution in [-0.4, -0.2) is 25.6 Å². The smallest absolute Gasteiger partial charge is 0.341 e. The van der Waals surface area contributed by atoms with Gasteiger partial charge in [-0.3, -0.25) is 4.79 Å². The van der Waals surface area contributed by atoms with Crippen molar-refractivity contribution in [2.45, 2.75) is 13.8 Å². The fourth-order valence-electron chi connectivity index (χ4n) is 2.81. The van der Waals surface area contributed by atoms with Gasteiger partial charge >= 0.3 is 5.97 Å². The molecule has 1 heterocycles. The van der Waals surface area contributed by atoms with Crippen molar-refractivity contribution in [2.75, 3.05) is 19.0 Å². The van der Waals surface area contributed by atoms with Gasteiger partial charge in [0.05, 0.1) is 7.11 Å². The molecule has 28 heavy (non-hydrogen) atoms. The van der Waals surface area contributed by atoms with Gasteiger partial charge in [0.1, 0.15) is 16.3 Å². The lowest BCUT2D eigenvalue weighted by Crippen LogP contribution is -2.21. The summed E-state index contributed by atoms with van der Waals surface area (Å²) >= 11 is 1.29. The minimum atomic E-state index is -0.489. The van der Waals surface area contributed by atoms with E-state index in [0.717, 1.165) is 22.3 Å². The van der Waals surface area contributed by atoms with E-state index in [-0.39, 0.29) is 12.5 Å². The molecule has 0 aliphatic heterocycles. The molecule has 3 rings (SSSR count). The standard InChI is InChI=1S/C22H21NO4S/c1-14-9-10-15(2)17(11-14)18-13-28-21(20(18)22(25)26-3)23-19(24)12-27-16-7-5-4-6-8-16/h4-11,13H,12H2,1-3H3,(H,23,24). The lowest BCUT2D eigenvalue weighted by Gasteiger charge is -2.10. The van der Waals surface area contributed by atoms with E-state index in [1.807, 2.05) is 55.6 Å². The fraction of sp³-hybridized carbons (Fsp3) is 0.182. The average molecular weight is 395 g/mol. The molecule has 1 aromatic heterocycles. The third-order valence-corrected chi connectivity index (χ3v) is 5.13. The molecular weight excluding hydrogens is 374 g/mol. The number of benzene rings is 2. The number of nitrogens with one attached hydrogen (secondary N) is 1. The van der Waals surface area contributed by atoms with Gasteiger partial charge in [0.15, 0.2) is 6.61 Å². The Labute approximate surface area is 167 Å². The Morgan fingerprint density at radius 1 is 1.04 bits per heavy atom. The Morgan fingerprint density at radius 2 is 1.79 bits per heavy atom. The van der Waals surface area contributed by atoms with Gasteiger partial charge in [-0.05, 0) is 37.1 Å². The molecule has 6 heteroatoms. The number of carbonyl (C=O) groups excluding carboxylic acids is 2. The summed E-state index contributed by atoms with van der Waals surface area (Å²) in [5.41, 5.74) is 4.17. The Kier molecular flexibility index (Phi) is 6.11. The first-order valence-corrected chi connectivity index (χ1v) is 9.62. The number of thiophene rings is 1. The van der Waals surface area contributed by atoms with Crippen LogP contribution in [0.5, 0.6) is 5.75 Å². The third-order valence-electron chi connectivity index (χ3n) is 4.23. The fourth-order valence-corrected chi connectivity index (χ4v) is 3.77. The molecule has 3 aromatic rings. The number of aryl methyl sites for hydroxylation is 2. The van der Waals surface area contributed by atoms with Crippen molar-refractivity contribution >= 4 is 28.2 Å². The molecule has 2 aromatic carbocycles. The van der Waals surface area contributed by atoms with Crippen LogP contribution in [0, 0.1) is 13.8 Å². The van der Waals surface area contributed by atoms with Crippen molar-refractivity contribution in [3.05, 3.63) is 70.6 Å². The van der Waals surface area contributed by atoms with Crippen LogP contribution in [0.3, 0.4) is 0 Å². The quantitative estimate of drug-likeness (QED) is 0.607. The van der Waals surface area contributed by atoms with Gasteiger partial charge < -0.3 is 14.8 Å². The summed E-state index contributed by atoms with van der Waals surface area (Å²) in [6, 6.07) is 15.1. The van der Waals surface area contributed by atoms with Crippen LogP contribution in [0.15, 0.2) is 53.9 Å². The second-order valence-corrected chi connectivity index (χ2v) is 7.19. The molecule has 0 unspecified atom stereocenters. The largest absolute Gasteiger partial charge is 0.484 e. The Balaban J connectivity index is 1.85.